The Hall–Kier alpha value is -2.70. The third kappa shape index (κ3) is 2.49. The fourth-order valence-electron chi connectivity index (χ4n) is 2.25. The summed E-state index contributed by atoms with van der Waals surface area (Å²) in [7, 11) is 0. The maximum absolute atomic E-state index is 12.4. The Labute approximate surface area is 121 Å². The Bertz CT molecular complexity index is 667. The highest BCUT2D eigenvalue weighted by atomic mass is 16.2. The predicted molar refractivity (Wildman–Crippen MR) is 74.9 cm³/mol. The fourth-order valence-corrected chi connectivity index (χ4v) is 2.25. The molecule has 108 valence electrons. The van der Waals surface area contributed by atoms with Gasteiger partial charge in [0.05, 0.1) is 11.9 Å². The zero-order chi connectivity index (χ0) is 14.8. The topological polar surface area (TPSA) is 80.1 Å². The minimum atomic E-state index is -0.492. The summed E-state index contributed by atoms with van der Waals surface area (Å²) in [5, 5.41) is 11.0. The number of rotatable bonds is 2. The molecule has 1 aromatic carbocycles. The van der Waals surface area contributed by atoms with Crippen molar-refractivity contribution >= 4 is 11.8 Å². The highest BCUT2D eigenvalue weighted by molar-refractivity contribution is 5.96. The van der Waals surface area contributed by atoms with Gasteiger partial charge in [-0.25, -0.2) is 0 Å². The Kier molecular flexibility index (Phi) is 3.39. The number of piperazine rings is 1. The van der Waals surface area contributed by atoms with Gasteiger partial charge in [0.25, 0.3) is 5.91 Å². The second kappa shape index (κ2) is 5.35. The molecule has 1 atom stereocenters. The van der Waals surface area contributed by atoms with Crippen molar-refractivity contribution < 1.29 is 9.59 Å². The molecule has 2 heterocycles. The summed E-state index contributed by atoms with van der Waals surface area (Å²) in [4.78, 5) is 27.0. The van der Waals surface area contributed by atoms with Crippen LogP contribution in [0.3, 0.4) is 0 Å². The van der Waals surface area contributed by atoms with Crippen molar-refractivity contribution in [3.8, 4) is 5.69 Å². The van der Waals surface area contributed by atoms with Crippen LogP contribution in [0, 0.1) is 0 Å². The normalized spacial score (nSPS) is 18.4. The van der Waals surface area contributed by atoms with Crippen LogP contribution in [0.25, 0.3) is 5.69 Å². The van der Waals surface area contributed by atoms with Gasteiger partial charge in [-0.3, -0.25) is 9.59 Å². The molecule has 2 amide bonds. The number of benzene rings is 1. The molecule has 0 bridgehead atoms. The molecule has 2 aromatic rings. The minimum Gasteiger partial charge on any atom is -0.353 e. The van der Waals surface area contributed by atoms with Crippen LogP contribution >= 0.6 is 0 Å². The van der Waals surface area contributed by atoms with Crippen LogP contribution in [-0.2, 0) is 4.79 Å². The third-order valence-electron chi connectivity index (χ3n) is 3.46. The first-order valence-corrected chi connectivity index (χ1v) is 6.73. The van der Waals surface area contributed by atoms with Gasteiger partial charge in [0, 0.05) is 13.1 Å². The van der Waals surface area contributed by atoms with Gasteiger partial charge in [-0.2, -0.15) is 9.90 Å². The molecule has 1 aliphatic rings. The summed E-state index contributed by atoms with van der Waals surface area (Å²) in [5.41, 5.74) is 1.02. The third-order valence-corrected chi connectivity index (χ3v) is 3.46. The van der Waals surface area contributed by atoms with Crippen LogP contribution in [0.4, 0.5) is 0 Å². The zero-order valence-electron chi connectivity index (χ0n) is 11.6. The van der Waals surface area contributed by atoms with E-state index >= 15 is 0 Å². The van der Waals surface area contributed by atoms with E-state index in [1.807, 2.05) is 30.3 Å². The van der Waals surface area contributed by atoms with E-state index in [-0.39, 0.29) is 17.5 Å². The summed E-state index contributed by atoms with van der Waals surface area (Å²) in [6, 6.07) is 8.85. The maximum atomic E-state index is 12.4. The van der Waals surface area contributed by atoms with E-state index in [2.05, 4.69) is 15.5 Å². The van der Waals surface area contributed by atoms with Crippen LogP contribution < -0.4 is 5.32 Å². The molecule has 7 nitrogen and oxygen atoms in total. The molecule has 1 fully saturated rings. The van der Waals surface area contributed by atoms with Crippen LogP contribution in [0.1, 0.15) is 17.4 Å². The smallest absolute Gasteiger partial charge is 0.276 e. The van der Waals surface area contributed by atoms with Gasteiger partial charge >= 0.3 is 0 Å². The Morgan fingerprint density at radius 2 is 2.10 bits per heavy atom. The molecule has 3 rings (SSSR count). The van der Waals surface area contributed by atoms with Crippen LogP contribution in [0.15, 0.2) is 36.5 Å². The molecule has 1 aromatic heterocycles. The van der Waals surface area contributed by atoms with Gasteiger partial charge in [-0.1, -0.05) is 18.2 Å². The lowest BCUT2D eigenvalue weighted by Crippen LogP contribution is -2.55. The molecule has 1 unspecified atom stereocenters. The predicted octanol–water partition coefficient (Wildman–Crippen LogP) is 0.228. The summed E-state index contributed by atoms with van der Waals surface area (Å²) in [5.74, 6) is -0.426. The number of nitrogens with one attached hydrogen (secondary N) is 1. The summed E-state index contributed by atoms with van der Waals surface area (Å²) in [6.45, 7) is 2.64. The van der Waals surface area contributed by atoms with E-state index in [1.54, 1.807) is 6.92 Å². The molecular formula is C14H15N5O2. The number of amides is 2. The average molecular weight is 285 g/mol. The van der Waals surface area contributed by atoms with Gasteiger partial charge < -0.3 is 10.2 Å². The molecule has 21 heavy (non-hydrogen) atoms. The van der Waals surface area contributed by atoms with E-state index < -0.39 is 6.04 Å². The van der Waals surface area contributed by atoms with Crippen molar-refractivity contribution in [3.05, 3.63) is 42.2 Å². The van der Waals surface area contributed by atoms with Crippen molar-refractivity contribution in [1.82, 2.24) is 25.2 Å². The minimum absolute atomic E-state index is 0.148. The van der Waals surface area contributed by atoms with E-state index in [4.69, 9.17) is 0 Å². The maximum Gasteiger partial charge on any atom is 0.276 e. The zero-order valence-corrected chi connectivity index (χ0v) is 11.6. The van der Waals surface area contributed by atoms with Crippen LogP contribution in [0.5, 0.6) is 0 Å². The molecule has 7 heteroatoms. The summed E-state index contributed by atoms with van der Waals surface area (Å²) >= 11 is 0. The average Bonchev–Trinajstić information content (AvgIpc) is 3.00. The largest absolute Gasteiger partial charge is 0.353 e. The lowest BCUT2D eigenvalue weighted by Gasteiger charge is -2.32. The van der Waals surface area contributed by atoms with Gasteiger partial charge in [0.1, 0.15) is 6.04 Å². The SMILES string of the molecule is CC1C(=O)NCCN1C(=O)c1cnn(-c2ccccc2)n1. The number of aromatic nitrogens is 3. The van der Waals surface area contributed by atoms with Gasteiger partial charge in [-0.05, 0) is 19.1 Å². The molecule has 0 spiro atoms. The molecule has 1 saturated heterocycles. The van der Waals surface area contributed by atoms with Gasteiger partial charge in [-0.15, -0.1) is 5.10 Å². The molecule has 0 saturated carbocycles. The lowest BCUT2D eigenvalue weighted by atomic mass is 10.2. The summed E-state index contributed by atoms with van der Waals surface area (Å²) < 4.78 is 0. The van der Waals surface area contributed by atoms with Crippen LogP contribution in [-0.4, -0.2) is 50.8 Å². The Morgan fingerprint density at radius 1 is 1.33 bits per heavy atom. The quantitative estimate of drug-likeness (QED) is 0.856. The van der Waals surface area contributed by atoms with Crippen molar-refractivity contribution in [2.75, 3.05) is 13.1 Å². The first-order chi connectivity index (χ1) is 10.2. The first kappa shape index (κ1) is 13.3. The van der Waals surface area contributed by atoms with E-state index in [1.165, 1.54) is 15.9 Å². The van der Waals surface area contributed by atoms with E-state index in [0.717, 1.165) is 5.69 Å². The second-order valence-electron chi connectivity index (χ2n) is 4.82. The second-order valence-corrected chi connectivity index (χ2v) is 4.82. The van der Waals surface area contributed by atoms with Crippen molar-refractivity contribution in [3.63, 3.8) is 0 Å². The Balaban J connectivity index is 1.83. The number of hydrogen-bond acceptors (Lipinski definition) is 4. The standard InChI is InChI=1S/C14H15N5O2/c1-10-13(20)15-7-8-18(10)14(21)12-9-16-19(17-12)11-5-3-2-4-6-11/h2-6,9-10H,7-8H2,1H3,(H,15,20). The Morgan fingerprint density at radius 3 is 2.86 bits per heavy atom. The van der Waals surface area contributed by atoms with Gasteiger partial charge in [0.15, 0.2) is 5.69 Å². The highest BCUT2D eigenvalue weighted by Gasteiger charge is 2.31. The number of carbonyl (C=O) groups excluding carboxylic acids is 2. The number of para-hydroxylation sites is 1. The fraction of sp³-hybridized carbons (Fsp3) is 0.286. The van der Waals surface area contributed by atoms with Crippen molar-refractivity contribution in [2.24, 2.45) is 0 Å². The molecular weight excluding hydrogens is 270 g/mol. The van der Waals surface area contributed by atoms with Crippen molar-refractivity contribution in [2.45, 2.75) is 13.0 Å². The molecule has 0 radical (unpaired) electrons. The number of hydrogen-bond donors (Lipinski definition) is 1. The summed E-state index contributed by atoms with van der Waals surface area (Å²) in [6.07, 6.45) is 1.43. The van der Waals surface area contributed by atoms with Crippen LogP contribution in [0.2, 0.25) is 0 Å². The molecule has 1 aliphatic heterocycles. The molecule has 0 aliphatic carbocycles. The van der Waals surface area contributed by atoms with E-state index in [0.29, 0.717) is 13.1 Å². The monoisotopic (exact) mass is 285 g/mol. The van der Waals surface area contributed by atoms with Gasteiger partial charge in [0.2, 0.25) is 5.91 Å². The lowest BCUT2D eigenvalue weighted by molar-refractivity contribution is -0.127. The molecule has 1 N–H and O–H groups in total. The number of nitrogens with zero attached hydrogens (tertiary/aromatic N) is 4. The van der Waals surface area contributed by atoms with E-state index in [9.17, 15) is 9.59 Å². The number of carbonyl (C=O) groups is 2. The van der Waals surface area contributed by atoms with Crippen molar-refractivity contribution in [1.29, 1.82) is 0 Å². The highest BCUT2D eigenvalue weighted by Crippen LogP contribution is 2.10. The first-order valence-electron chi connectivity index (χ1n) is 6.73.